The van der Waals surface area contributed by atoms with Gasteiger partial charge in [0.15, 0.2) is 11.5 Å². The monoisotopic (exact) mass is 191 g/mol. The van der Waals surface area contributed by atoms with E-state index in [1.807, 2.05) is 13.0 Å². The molecule has 0 fully saturated rings. The minimum Gasteiger partial charge on any atom is -0.504 e. The molecule has 0 bridgehead atoms. The smallest absolute Gasteiger partial charge is 0.162 e. The van der Waals surface area contributed by atoms with Crippen molar-refractivity contribution in [2.24, 2.45) is 0 Å². The Labute approximate surface area is 82.0 Å². The van der Waals surface area contributed by atoms with Gasteiger partial charge in [0.1, 0.15) is 0 Å². The predicted molar refractivity (Wildman–Crippen MR) is 55.8 cm³/mol. The highest BCUT2D eigenvalue weighted by atomic mass is 16.3. The Morgan fingerprint density at radius 2 is 1.57 bits per heavy atom. The highest BCUT2D eigenvalue weighted by Gasteiger charge is 2.14. The van der Waals surface area contributed by atoms with Crippen molar-refractivity contribution < 1.29 is 10.2 Å². The molecule has 0 amide bonds. The van der Waals surface area contributed by atoms with E-state index in [1.165, 1.54) is 0 Å². The fourth-order valence-electron chi connectivity index (χ4n) is 1.78. The van der Waals surface area contributed by atoms with Crippen LogP contribution in [0, 0.1) is 20.8 Å². The molecular formula is C11H13NO2. The molecule has 0 radical (unpaired) electrons. The summed E-state index contributed by atoms with van der Waals surface area (Å²) in [5.41, 5.74) is 3.33. The van der Waals surface area contributed by atoms with E-state index in [0.29, 0.717) is 11.1 Å². The van der Waals surface area contributed by atoms with E-state index < -0.39 is 0 Å². The number of aromatic amines is 1. The van der Waals surface area contributed by atoms with Gasteiger partial charge in [0, 0.05) is 22.2 Å². The van der Waals surface area contributed by atoms with Crippen LogP contribution < -0.4 is 0 Å². The molecule has 3 N–H and O–H groups in total. The number of hydrogen-bond donors (Lipinski definition) is 3. The fourth-order valence-corrected chi connectivity index (χ4v) is 1.78. The van der Waals surface area contributed by atoms with Crippen LogP contribution in [0.4, 0.5) is 0 Å². The van der Waals surface area contributed by atoms with E-state index in [1.54, 1.807) is 13.8 Å². The molecule has 0 aliphatic heterocycles. The van der Waals surface area contributed by atoms with Gasteiger partial charge < -0.3 is 15.2 Å². The molecule has 0 saturated heterocycles. The Hall–Kier alpha value is -1.64. The van der Waals surface area contributed by atoms with E-state index in [9.17, 15) is 10.2 Å². The first-order chi connectivity index (χ1) is 6.52. The lowest BCUT2D eigenvalue weighted by atomic mass is 10.1. The Morgan fingerprint density at radius 3 is 2.21 bits per heavy atom. The van der Waals surface area contributed by atoms with Gasteiger partial charge in [-0.15, -0.1) is 0 Å². The lowest BCUT2D eigenvalue weighted by Crippen LogP contribution is -1.84. The van der Waals surface area contributed by atoms with Gasteiger partial charge in [-0.05, 0) is 26.8 Å². The van der Waals surface area contributed by atoms with Crippen LogP contribution in [-0.2, 0) is 0 Å². The molecule has 14 heavy (non-hydrogen) atoms. The number of nitrogens with one attached hydrogen (secondary N) is 1. The summed E-state index contributed by atoms with van der Waals surface area (Å²) in [5.74, 6) is -0.0501. The number of phenolic OH excluding ortho intramolecular Hbond substituents is 2. The van der Waals surface area contributed by atoms with Crippen LogP contribution in [-0.4, -0.2) is 15.2 Å². The average molecular weight is 191 g/mol. The topological polar surface area (TPSA) is 56.2 Å². The van der Waals surface area contributed by atoms with Crippen LogP contribution in [0.15, 0.2) is 6.07 Å². The van der Waals surface area contributed by atoms with Crippen molar-refractivity contribution in [2.45, 2.75) is 20.8 Å². The SMILES string of the molecule is Cc1cc2c(C)c(O)c(O)c(C)c2[nH]1. The van der Waals surface area contributed by atoms with Crippen LogP contribution in [0.5, 0.6) is 11.5 Å². The summed E-state index contributed by atoms with van der Waals surface area (Å²) >= 11 is 0. The summed E-state index contributed by atoms with van der Waals surface area (Å²) in [6.07, 6.45) is 0. The minimum absolute atomic E-state index is 0.0194. The zero-order valence-electron chi connectivity index (χ0n) is 8.47. The number of aromatic hydroxyl groups is 2. The molecule has 3 nitrogen and oxygen atoms in total. The highest BCUT2D eigenvalue weighted by Crippen LogP contribution is 2.38. The normalized spacial score (nSPS) is 11.1. The van der Waals surface area contributed by atoms with Gasteiger partial charge in [0.25, 0.3) is 0 Å². The molecule has 74 valence electrons. The van der Waals surface area contributed by atoms with E-state index in [2.05, 4.69) is 4.98 Å². The second-order valence-corrected chi connectivity index (χ2v) is 3.69. The number of benzene rings is 1. The number of H-pyrrole nitrogens is 1. The third-order valence-electron chi connectivity index (χ3n) is 2.67. The second-order valence-electron chi connectivity index (χ2n) is 3.69. The zero-order valence-corrected chi connectivity index (χ0v) is 8.47. The van der Waals surface area contributed by atoms with Gasteiger partial charge in [0.05, 0.1) is 5.52 Å². The predicted octanol–water partition coefficient (Wildman–Crippen LogP) is 2.50. The van der Waals surface area contributed by atoms with Crippen LogP contribution in [0.3, 0.4) is 0 Å². The molecule has 0 aliphatic carbocycles. The molecule has 3 heteroatoms. The van der Waals surface area contributed by atoms with Crippen molar-refractivity contribution in [3.05, 3.63) is 22.9 Å². The van der Waals surface area contributed by atoms with Crippen molar-refractivity contribution in [2.75, 3.05) is 0 Å². The Kier molecular flexibility index (Phi) is 1.71. The molecule has 1 aromatic carbocycles. The molecular weight excluding hydrogens is 178 g/mol. The fraction of sp³-hybridized carbons (Fsp3) is 0.273. The van der Waals surface area contributed by atoms with Gasteiger partial charge in [0.2, 0.25) is 0 Å². The van der Waals surface area contributed by atoms with Gasteiger partial charge >= 0.3 is 0 Å². The number of fused-ring (bicyclic) bond motifs is 1. The summed E-state index contributed by atoms with van der Waals surface area (Å²) in [5, 5.41) is 20.2. The maximum Gasteiger partial charge on any atom is 0.162 e. The van der Waals surface area contributed by atoms with Crippen LogP contribution in [0.2, 0.25) is 0 Å². The van der Waals surface area contributed by atoms with Crippen molar-refractivity contribution >= 4 is 10.9 Å². The molecule has 2 aromatic rings. The molecule has 0 unspecified atom stereocenters. The van der Waals surface area contributed by atoms with Crippen molar-refractivity contribution in [1.29, 1.82) is 0 Å². The van der Waals surface area contributed by atoms with E-state index in [-0.39, 0.29) is 11.5 Å². The van der Waals surface area contributed by atoms with Gasteiger partial charge in [-0.25, -0.2) is 0 Å². The molecule has 0 spiro atoms. The molecule has 1 aromatic heterocycles. The quantitative estimate of drug-likeness (QED) is 0.560. The summed E-state index contributed by atoms with van der Waals surface area (Å²) in [6.45, 7) is 5.53. The minimum atomic E-state index is -0.0307. The van der Waals surface area contributed by atoms with Crippen molar-refractivity contribution in [3.8, 4) is 11.5 Å². The third kappa shape index (κ3) is 0.985. The van der Waals surface area contributed by atoms with E-state index in [0.717, 1.165) is 16.6 Å². The number of phenols is 2. The number of aromatic nitrogens is 1. The first-order valence-electron chi connectivity index (χ1n) is 4.52. The maximum absolute atomic E-state index is 9.63. The molecule has 0 saturated carbocycles. The first kappa shape index (κ1) is 8.94. The Morgan fingerprint density at radius 1 is 1.00 bits per heavy atom. The summed E-state index contributed by atoms with van der Waals surface area (Å²) in [4.78, 5) is 3.16. The zero-order chi connectivity index (χ0) is 10.5. The standard InChI is InChI=1S/C11H13NO2/c1-5-4-8-6(2)10(13)11(14)7(3)9(8)12-5/h4,12-14H,1-3H3. The Bertz CT molecular complexity index is 467. The van der Waals surface area contributed by atoms with Crippen molar-refractivity contribution in [1.82, 2.24) is 4.98 Å². The van der Waals surface area contributed by atoms with Gasteiger partial charge in [-0.2, -0.15) is 0 Å². The summed E-state index contributed by atoms with van der Waals surface area (Å²) in [6, 6.07) is 1.97. The van der Waals surface area contributed by atoms with Crippen LogP contribution in [0.1, 0.15) is 16.8 Å². The molecule has 0 atom stereocenters. The highest BCUT2D eigenvalue weighted by molar-refractivity contribution is 5.91. The van der Waals surface area contributed by atoms with Gasteiger partial charge in [-0.1, -0.05) is 0 Å². The van der Waals surface area contributed by atoms with E-state index in [4.69, 9.17) is 0 Å². The second kappa shape index (κ2) is 2.67. The summed E-state index contributed by atoms with van der Waals surface area (Å²) < 4.78 is 0. The molecule has 0 aliphatic rings. The lowest BCUT2D eigenvalue weighted by molar-refractivity contribution is 0.400. The maximum atomic E-state index is 9.63. The summed E-state index contributed by atoms with van der Waals surface area (Å²) in [7, 11) is 0. The third-order valence-corrected chi connectivity index (χ3v) is 2.67. The van der Waals surface area contributed by atoms with Gasteiger partial charge in [-0.3, -0.25) is 0 Å². The largest absolute Gasteiger partial charge is 0.504 e. The van der Waals surface area contributed by atoms with E-state index >= 15 is 0 Å². The first-order valence-corrected chi connectivity index (χ1v) is 4.52. The van der Waals surface area contributed by atoms with Crippen LogP contribution >= 0.6 is 0 Å². The average Bonchev–Trinajstić information content (AvgIpc) is 2.54. The van der Waals surface area contributed by atoms with Crippen molar-refractivity contribution in [3.63, 3.8) is 0 Å². The molecule has 1 heterocycles. The van der Waals surface area contributed by atoms with Crippen LogP contribution in [0.25, 0.3) is 10.9 Å². The Balaban J connectivity index is 3.01. The number of rotatable bonds is 0. The number of hydrogen-bond acceptors (Lipinski definition) is 2. The molecule has 2 rings (SSSR count). The lowest BCUT2D eigenvalue weighted by Gasteiger charge is -2.07. The number of aryl methyl sites for hydroxylation is 3.